The Morgan fingerprint density at radius 1 is 1.10 bits per heavy atom. The van der Waals surface area contributed by atoms with Crippen LogP contribution in [0, 0.1) is 0 Å². The number of aromatic carboxylic acids is 1. The van der Waals surface area contributed by atoms with Crippen molar-refractivity contribution in [3.63, 3.8) is 0 Å². The molecule has 0 atom stereocenters. The van der Waals surface area contributed by atoms with Crippen molar-refractivity contribution in [3.05, 3.63) is 58.7 Å². The third-order valence-electron chi connectivity index (χ3n) is 5.24. The summed E-state index contributed by atoms with van der Waals surface area (Å²) >= 11 is 0. The van der Waals surface area contributed by atoms with Gasteiger partial charge in [-0.05, 0) is 74.1 Å². The second kappa shape index (κ2) is 7.54. The van der Waals surface area contributed by atoms with E-state index in [1.807, 2.05) is 12.1 Å². The third kappa shape index (κ3) is 4.44. The molecule has 0 unspecified atom stereocenters. The van der Waals surface area contributed by atoms with Gasteiger partial charge in [-0.3, -0.25) is 0 Å². The Kier molecular flexibility index (Phi) is 5.44. The first-order valence-electron chi connectivity index (χ1n) is 9.94. The van der Waals surface area contributed by atoms with E-state index in [1.165, 1.54) is 24.3 Å². The Labute approximate surface area is 171 Å². The highest BCUT2D eigenvalue weighted by molar-refractivity contribution is 5.93. The lowest BCUT2D eigenvalue weighted by molar-refractivity contribution is 0.0531. The van der Waals surface area contributed by atoms with Crippen LogP contribution in [0.3, 0.4) is 0 Å². The minimum absolute atomic E-state index is 0.139. The Morgan fingerprint density at radius 2 is 1.76 bits per heavy atom. The van der Waals surface area contributed by atoms with Crippen LogP contribution in [-0.2, 0) is 11.8 Å². The number of carbonyl (C=O) groups excluding carboxylic acids is 1. The summed E-state index contributed by atoms with van der Waals surface area (Å²) in [5, 5.41) is 9.01. The molecule has 0 saturated carbocycles. The average molecular weight is 396 g/mol. The Hall–Kier alpha value is -2.82. The number of hydrogen-bond acceptors (Lipinski definition) is 4. The average Bonchev–Trinajstić information content (AvgIpc) is 2.60. The fourth-order valence-electron chi connectivity index (χ4n) is 4.22. The molecule has 2 aromatic carbocycles. The molecule has 0 aromatic heterocycles. The van der Waals surface area contributed by atoms with E-state index in [1.54, 1.807) is 0 Å². The zero-order chi connectivity index (χ0) is 21.4. The molecule has 0 spiro atoms. The van der Waals surface area contributed by atoms with Crippen LogP contribution < -0.4 is 9.47 Å². The number of hydrogen-bond donors (Lipinski definition) is 1. The topological polar surface area (TPSA) is 72.8 Å². The number of carboxylic acid groups (broad SMARTS) is 1. The maximum Gasteiger partial charge on any atom is 0.343 e. The summed E-state index contributed by atoms with van der Waals surface area (Å²) in [6.45, 7) is 10.6. The highest BCUT2D eigenvalue weighted by atomic mass is 16.5. The molecule has 3 rings (SSSR count). The molecular weight excluding hydrogens is 368 g/mol. The van der Waals surface area contributed by atoms with E-state index >= 15 is 0 Å². The van der Waals surface area contributed by atoms with Gasteiger partial charge >= 0.3 is 11.9 Å². The van der Waals surface area contributed by atoms with E-state index in [2.05, 4.69) is 34.6 Å². The molecule has 0 bridgehead atoms. The molecule has 0 fully saturated rings. The van der Waals surface area contributed by atoms with Crippen LogP contribution in [0.4, 0.5) is 0 Å². The molecule has 5 nitrogen and oxygen atoms in total. The van der Waals surface area contributed by atoms with E-state index in [-0.39, 0.29) is 16.6 Å². The number of fused-ring (bicyclic) bond motifs is 1. The summed E-state index contributed by atoms with van der Waals surface area (Å²) in [5.74, 6) is -0.318. The number of aryl methyl sites for hydroxylation is 1. The maximum atomic E-state index is 13.0. The predicted octanol–water partition coefficient (Wildman–Crippen LogP) is 5.40. The number of benzene rings is 2. The summed E-state index contributed by atoms with van der Waals surface area (Å²) in [6, 6.07) is 9.71. The lowest BCUT2D eigenvalue weighted by Gasteiger charge is -2.42. The van der Waals surface area contributed by atoms with Crippen LogP contribution in [0.1, 0.15) is 79.3 Å². The fourth-order valence-corrected chi connectivity index (χ4v) is 4.22. The van der Waals surface area contributed by atoms with Crippen LogP contribution in [0.15, 0.2) is 36.4 Å². The van der Waals surface area contributed by atoms with E-state index in [0.29, 0.717) is 11.3 Å². The first kappa shape index (κ1) is 20.9. The quantitative estimate of drug-likeness (QED) is 0.541. The number of esters is 1. The van der Waals surface area contributed by atoms with Gasteiger partial charge in [0, 0.05) is 5.56 Å². The lowest BCUT2D eigenvalue weighted by atomic mass is 9.73. The summed E-state index contributed by atoms with van der Waals surface area (Å²) in [5.41, 5.74) is 2.17. The Balaban J connectivity index is 1.97. The van der Waals surface area contributed by atoms with Crippen molar-refractivity contribution in [2.45, 2.75) is 64.9 Å². The molecule has 0 radical (unpaired) electrons. The molecule has 5 heteroatoms. The van der Waals surface area contributed by atoms with Gasteiger partial charge in [0.05, 0.1) is 11.1 Å². The summed E-state index contributed by atoms with van der Waals surface area (Å²) in [4.78, 5) is 24.0. The monoisotopic (exact) mass is 396 g/mol. The summed E-state index contributed by atoms with van der Waals surface area (Å²) in [7, 11) is 0. The normalized spacial score (nSPS) is 16.4. The largest absolute Gasteiger partial charge is 0.488 e. The maximum absolute atomic E-state index is 13.0. The SMILES string of the molecule is CCCc1cc2c(cc1C(=O)Oc1ccc(C(=O)O)cc1)C(C)(C)CC(C)(C)O2. The summed E-state index contributed by atoms with van der Waals surface area (Å²) < 4.78 is 11.8. The van der Waals surface area contributed by atoms with Gasteiger partial charge in [0.15, 0.2) is 0 Å². The summed E-state index contributed by atoms with van der Waals surface area (Å²) in [6.07, 6.45) is 2.46. The molecule has 1 aliphatic rings. The lowest BCUT2D eigenvalue weighted by Crippen LogP contribution is -2.41. The minimum atomic E-state index is -1.02. The highest BCUT2D eigenvalue weighted by Crippen LogP contribution is 2.45. The van der Waals surface area contributed by atoms with Gasteiger partial charge in [0.2, 0.25) is 0 Å². The zero-order valence-electron chi connectivity index (χ0n) is 17.7. The molecule has 29 heavy (non-hydrogen) atoms. The van der Waals surface area contributed by atoms with Crippen molar-refractivity contribution in [1.29, 1.82) is 0 Å². The third-order valence-corrected chi connectivity index (χ3v) is 5.24. The van der Waals surface area contributed by atoms with Crippen LogP contribution in [-0.4, -0.2) is 22.6 Å². The van der Waals surface area contributed by atoms with Gasteiger partial charge in [0.1, 0.15) is 17.1 Å². The fraction of sp³-hybridized carbons (Fsp3) is 0.417. The minimum Gasteiger partial charge on any atom is -0.488 e. The van der Waals surface area contributed by atoms with Crippen molar-refractivity contribution in [2.24, 2.45) is 0 Å². The van der Waals surface area contributed by atoms with Gasteiger partial charge in [-0.15, -0.1) is 0 Å². The van der Waals surface area contributed by atoms with Gasteiger partial charge in [0.25, 0.3) is 0 Å². The number of rotatable bonds is 5. The van der Waals surface area contributed by atoms with E-state index in [0.717, 1.165) is 36.1 Å². The van der Waals surface area contributed by atoms with Crippen LogP contribution in [0.2, 0.25) is 0 Å². The molecule has 1 aliphatic heterocycles. The van der Waals surface area contributed by atoms with Crippen molar-refractivity contribution in [1.82, 2.24) is 0 Å². The zero-order valence-corrected chi connectivity index (χ0v) is 17.7. The van der Waals surface area contributed by atoms with Gasteiger partial charge < -0.3 is 14.6 Å². The van der Waals surface area contributed by atoms with E-state index in [9.17, 15) is 9.59 Å². The van der Waals surface area contributed by atoms with Crippen molar-refractivity contribution in [3.8, 4) is 11.5 Å². The molecule has 0 aliphatic carbocycles. The Morgan fingerprint density at radius 3 is 2.34 bits per heavy atom. The van der Waals surface area contributed by atoms with Crippen molar-refractivity contribution in [2.75, 3.05) is 0 Å². The van der Waals surface area contributed by atoms with Crippen molar-refractivity contribution >= 4 is 11.9 Å². The number of carbonyl (C=O) groups is 2. The number of carboxylic acids is 1. The van der Waals surface area contributed by atoms with Crippen LogP contribution in [0.25, 0.3) is 0 Å². The molecule has 1 heterocycles. The van der Waals surface area contributed by atoms with Crippen molar-refractivity contribution < 1.29 is 24.2 Å². The van der Waals surface area contributed by atoms with Crippen LogP contribution >= 0.6 is 0 Å². The predicted molar refractivity (Wildman–Crippen MR) is 111 cm³/mol. The second-order valence-electron chi connectivity index (χ2n) is 8.90. The highest BCUT2D eigenvalue weighted by Gasteiger charge is 2.40. The number of ether oxygens (including phenoxy) is 2. The molecular formula is C24H28O5. The van der Waals surface area contributed by atoms with E-state index < -0.39 is 11.9 Å². The Bertz CT molecular complexity index is 938. The van der Waals surface area contributed by atoms with E-state index in [4.69, 9.17) is 14.6 Å². The molecule has 2 aromatic rings. The standard InChI is InChI=1S/C24H28O5/c1-6-7-16-12-20-19(23(2,3)14-24(4,5)29-20)13-18(16)22(27)28-17-10-8-15(9-11-17)21(25)26/h8-13H,6-7,14H2,1-5H3,(H,25,26). The van der Waals surface area contributed by atoms with Gasteiger partial charge in [-0.2, -0.15) is 0 Å². The van der Waals surface area contributed by atoms with Gasteiger partial charge in [-0.25, -0.2) is 9.59 Å². The first-order chi connectivity index (χ1) is 13.5. The molecule has 1 N–H and O–H groups in total. The molecule has 0 saturated heterocycles. The molecule has 0 amide bonds. The second-order valence-corrected chi connectivity index (χ2v) is 8.90. The molecule has 154 valence electrons. The first-order valence-corrected chi connectivity index (χ1v) is 9.94. The van der Waals surface area contributed by atoms with Gasteiger partial charge in [-0.1, -0.05) is 27.2 Å². The van der Waals surface area contributed by atoms with Crippen LogP contribution in [0.5, 0.6) is 11.5 Å². The smallest absolute Gasteiger partial charge is 0.343 e.